The second kappa shape index (κ2) is 4.43. The van der Waals surface area contributed by atoms with E-state index in [9.17, 15) is 8.78 Å². The number of benzene rings is 1. The van der Waals surface area contributed by atoms with Gasteiger partial charge in [-0.15, -0.1) is 0 Å². The van der Waals surface area contributed by atoms with Crippen molar-refractivity contribution in [2.24, 2.45) is 0 Å². The lowest BCUT2D eigenvalue weighted by molar-refractivity contribution is 0.436. The molecule has 0 aliphatic heterocycles. The van der Waals surface area contributed by atoms with Crippen LogP contribution in [0.2, 0.25) is 5.15 Å². The Balaban J connectivity index is 2.07. The van der Waals surface area contributed by atoms with Crippen molar-refractivity contribution in [1.82, 2.24) is 19.6 Å². The van der Waals surface area contributed by atoms with Crippen LogP contribution < -0.4 is 4.74 Å². The molecule has 0 N–H and O–H groups in total. The zero-order chi connectivity index (χ0) is 13.4. The zero-order valence-electron chi connectivity index (χ0n) is 9.22. The third-order valence-corrected chi connectivity index (χ3v) is 2.44. The molecule has 3 aromatic rings. The third-order valence-electron chi connectivity index (χ3n) is 2.25. The number of aromatic nitrogens is 4. The predicted octanol–water partition coefficient (Wildman–Crippen LogP) is 2.85. The smallest absolute Gasteiger partial charge is 0.256 e. The number of rotatable bonds is 2. The second-order valence-corrected chi connectivity index (χ2v) is 3.98. The van der Waals surface area contributed by atoms with Crippen LogP contribution >= 0.6 is 11.6 Å². The molecule has 0 saturated heterocycles. The first-order valence-electron chi connectivity index (χ1n) is 5.12. The Hall–Kier alpha value is -2.28. The lowest BCUT2D eigenvalue weighted by atomic mass is 10.3. The summed E-state index contributed by atoms with van der Waals surface area (Å²) in [5, 5.41) is 4.00. The van der Waals surface area contributed by atoms with Gasteiger partial charge in [0.05, 0.1) is 0 Å². The fraction of sp³-hybridized carbons (Fsp3) is 0. The molecule has 0 aliphatic carbocycles. The van der Waals surface area contributed by atoms with E-state index in [2.05, 4.69) is 15.1 Å². The van der Waals surface area contributed by atoms with E-state index in [1.54, 1.807) is 0 Å². The van der Waals surface area contributed by atoms with Gasteiger partial charge in [-0.2, -0.15) is 19.6 Å². The minimum atomic E-state index is -0.745. The van der Waals surface area contributed by atoms with Crippen LogP contribution in [-0.4, -0.2) is 19.6 Å². The van der Waals surface area contributed by atoms with Crippen LogP contribution in [0.25, 0.3) is 5.78 Å². The van der Waals surface area contributed by atoms with Gasteiger partial charge >= 0.3 is 0 Å². The van der Waals surface area contributed by atoms with Crippen LogP contribution in [-0.2, 0) is 0 Å². The molecule has 0 saturated carbocycles. The largest absolute Gasteiger partial charge is 0.439 e. The van der Waals surface area contributed by atoms with Crippen molar-refractivity contribution in [2.45, 2.75) is 0 Å². The van der Waals surface area contributed by atoms with E-state index >= 15 is 0 Å². The number of hydrogen-bond acceptors (Lipinski definition) is 4. The maximum Gasteiger partial charge on any atom is 0.256 e. The Kier molecular flexibility index (Phi) is 2.75. The molecular weight excluding hydrogens is 278 g/mol. The molecule has 3 rings (SSSR count). The standard InChI is InChI=1S/C11H5ClF2N4O/c12-9-4-10(18-11(17-9)15-5-16-18)19-8-2-6(13)1-7(14)3-8/h1-5H. The van der Waals surface area contributed by atoms with Crippen LogP contribution in [0.15, 0.2) is 30.6 Å². The molecule has 0 radical (unpaired) electrons. The fourth-order valence-corrected chi connectivity index (χ4v) is 1.71. The normalized spacial score (nSPS) is 10.9. The van der Waals surface area contributed by atoms with Crippen molar-refractivity contribution in [2.75, 3.05) is 0 Å². The second-order valence-electron chi connectivity index (χ2n) is 3.60. The summed E-state index contributed by atoms with van der Waals surface area (Å²) >= 11 is 5.79. The number of fused-ring (bicyclic) bond motifs is 1. The van der Waals surface area contributed by atoms with Crippen LogP contribution in [0, 0.1) is 11.6 Å². The van der Waals surface area contributed by atoms with Crippen molar-refractivity contribution < 1.29 is 13.5 Å². The predicted molar refractivity (Wildman–Crippen MR) is 62.2 cm³/mol. The summed E-state index contributed by atoms with van der Waals surface area (Å²) in [5.41, 5.74) is 0. The average Bonchev–Trinajstić information content (AvgIpc) is 2.75. The Morgan fingerprint density at radius 1 is 1.11 bits per heavy atom. The SMILES string of the molecule is Fc1cc(F)cc(Oc2cc(Cl)nc3ncnn23)c1. The van der Waals surface area contributed by atoms with Crippen LogP contribution in [0.1, 0.15) is 0 Å². The topological polar surface area (TPSA) is 52.3 Å². The van der Waals surface area contributed by atoms with E-state index in [0.29, 0.717) is 0 Å². The molecule has 1 aromatic carbocycles. The highest BCUT2D eigenvalue weighted by molar-refractivity contribution is 6.29. The highest BCUT2D eigenvalue weighted by Gasteiger charge is 2.10. The first-order chi connectivity index (χ1) is 9.11. The van der Waals surface area contributed by atoms with Crippen molar-refractivity contribution in [3.63, 3.8) is 0 Å². The summed E-state index contributed by atoms with van der Waals surface area (Å²) in [7, 11) is 0. The number of hydrogen-bond donors (Lipinski definition) is 0. The Morgan fingerprint density at radius 3 is 2.58 bits per heavy atom. The zero-order valence-corrected chi connectivity index (χ0v) is 9.97. The molecule has 0 bridgehead atoms. The van der Waals surface area contributed by atoms with E-state index in [1.165, 1.54) is 16.9 Å². The van der Waals surface area contributed by atoms with Crippen LogP contribution in [0.5, 0.6) is 11.6 Å². The fourth-order valence-electron chi connectivity index (χ4n) is 1.54. The van der Waals surface area contributed by atoms with Gasteiger partial charge in [-0.05, 0) is 0 Å². The van der Waals surface area contributed by atoms with Crippen molar-refractivity contribution >= 4 is 17.4 Å². The molecule has 0 amide bonds. The molecule has 0 spiro atoms. The van der Waals surface area contributed by atoms with Gasteiger partial charge in [0.15, 0.2) is 0 Å². The first-order valence-corrected chi connectivity index (χ1v) is 5.50. The minimum absolute atomic E-state index is 0.0171. The molecule has 0 aliphatic rings. The van der Waals surface area contributed by atoms with Gasteiger partial charge in [0.1, 0.15) is 28.9 Å². The van der Waals surface area contributed by atoms with Crippen LogP contribution in [0.3, 0.4) is 0 Å². The summed E-state index contributed by atoms with van der Waals surface area (Å²) in [6.07, 6.45) is 1.26. The summed E-state index contributed by atoms with van der Waals surface area (Å²) in [6.45, 7) is 0. The molecule has 0 atom stereocenters. The quantitative estimate of drug-likeness (QED) is 0.678. The van der Waals surface area contributed by atoms with Gasteiger partial charge in [-0.1, -0.05) is 11.6 Å². The summed E-state index contributed by atoms with van der Waals surface area (Å²) in [5.74, 6) is -1.14. The van der Waals surface area contributed by atoms with Gasteiger partial charge < -0.3 is 4.74 Å². The van der Waals surface area contributed by atoms with Crippen molar-refractivity contribution in [3.8, 4) is 11.6 Å². The summed E-state index contributed by atoms with van der Waals surface area (Å²) in [6, 6.07) is 4.20. The monoisotopic (exact) mass is 282 g/mol. The molecule has 2 heterocycles. The molecule has 8 heteroatoms. The molecule has 5 nitrogen and oxygen atoms in total. The first kappa shape index (κ1) is 11.8. The Bertz CT molecular complexity index is 741. The molecule has 0 unspecified atom stereocenters. The number of halogens is 3. The third kappa shape index (κ3) is 2.32. The van der Waals surface area contributed by atoms with E-state index < -0.39 is 11.6 Å². The van der Waals surface area contributed by atoms with Crippen molar-refractivity contribution in [1.29, 1.82) is 0 Å². The van der Waals surface area contributed by atoms with E-state index in [1.807, 2.05) is 0 Å². The molecule has 2 aromatic heterocycles. The Morgan fingerprint density at radius 2 is 1.84 bits per heavy atom. The maximum atomic E-state index is 13.1. The number of ether oxygens (including phenoxy) is 1. The molecular formula is C11H5ClF2N4O. The van der Waals surface area contributed by atoms with E-state index in [4.69, 9.17) is 16.3 Å². The molecule has 19 heavy (non-hydrogen) atoms. The van der Waals surface area contributed by atoms with Gasteiger partial charge in [0, 0.05) is 24.3 Å². The lowest BCUT2D eigenvalue weighted by Gasteiger charge is -2.07. The van der Waals surface area contributed by atoms with Gasteiger partial charge in [0.25, 0.3) is 5.78 Å². The lowest BCUT2D eigenvalue weighted by Crippen LogP contribution is -1.98. The highest BCUT2D eigenvalue weighted by atomic mass is 35.5. The van der Waals surface area contributed by atoms with E-state index in [0.717, 1.165) is 18.2 Å². The average molecular weight is 283 g/mol. The van der Waals surface area contributed by atoms with Crippen molar-refractivity contribution in [3.05, 3.63) is 47.4 Å². The van der Waals surface area contributed by atoms with Gasteiger partial charge in [-0.25, -0.2) is 8.78 Å². The minimum Gasteiger partial charge on any atom is -0.439 e. The number of nitrogens with zero attached hydrogens (tertiary/aromatic N) is 4. The van der Waals surface area contributed by atoms with Crippen LogP contribution in [0.4, 0.5) is 8.78 Å². The highest BCUT2D eigenvalue weighted by Crippen LogP contribution is 2.25. The van der Waals surface area contributed by atoms with E-state index in [-0.39, 0.29) is 22.6 Å². The van der Waals surface area contributed by atoms with Gasteiger partial charge in [-0.3, -0.25) is 0 Å². The summed E-state index contributed by atoms with van der Waals surface area (Å²) < 4.78 is 32.7. The maximum absolute atomic E-state index is 13.1. The van der Waals surface area contributed by atoms with Gasteiger partial charge in [0.2, 0.25) is 5.88 Å². The summed E-state index contributed by atoms with van der Waals surface area (Å²) in [4.78, 5) is 7.74. The molecule has 0 fully saturated rings. The Labute approximate surface area is 110 Å². The molecule has 96 valence electrons.